The fourth-order valence-electron chi connectivity index (χ4n) is 5.16. The SMILES string of the molecule is CC(C)(C)N(CC1CCN(c2cccc3ccc(-c4nnc5cc(C(O)CO)ccn45)nc23)CC1)C(=O)O. The molecule has 38 heavy (non-hydrogen) atoms. The third-order valence-corrected chi connectivity index (χ3v) is 7.36. The van der Waals surface area contributed by atoms with Crippen molar-refractivity contribution in [3.63, 3.8) is 0 Å². The maximum atomic E-state index is 11.8. The number of benzene rings is 1. The number of hydrogen-bond donors (Lipinski definition) is 3. The zero-order valence-electron chi connectivity index (χ0n) is 21.9. The van der Waals surface area contributed by atoms with E-state index < -0.39 is 17.7 Å². The maximum absolute atomic E-state index is 11.8. The lowest BCUT2D eigenvalue weighted by atomic mass is 9.93. The fourth-order valence-corrected chi connectivity index (χ4v) is 5.16. The minimum Gasteiger partial charge on any atom is -0.465 e. The molecule has 1 saturated heterocycles. The Morgan fingerprint density at radius 1 is 1.13 bits per heavy atom. The smallest absolute Gasteiger partial charge is 0.407 e. The van der Waals surface area contributed by atoms with Crippen LogP contribution < -0.4 is 4.90 Å². The Morgan fingerprint density at radius 3 is 2.58 bits per heavy atom. The molecule has 1 fully saturated rings. The van der Waals surface area contributed by atoms with Crippen molar-refractivity contribution in [2.24, 2.45) is 5.92 Å². The number of hydrogen-bond acceptors (Lipinski definition) is 7. The highest BCUT2D eigenvalue weighted by Gasteiger charge is 2.30. The van der Waals surface area contributed by atoms with Gasteiger partial charge in [-0.3, -0.25) is 4.40 Å². The number of carbonyl (C=O) groups is 1. The third-order valence-electron chi connectivity index (χ3n) is 7.36. The molecule has 1 aromatic carbocycles. The summed E-state index contributed by atoms with van der Waals surface area (Å²) in [5.74, 6) is 0.910. The van der Waals surface area contributed by atoms with E-state index in [1.807, 2.05) is 49.4 Å². The highest BCUT2D eigenvalue weighted by Crippen LogP contribution is 2.32. The van der Waals surface area contributed by atoms with Crippen LogP contribution >= 0.6 is 0 Å². The van der Waals surface area contributed by atoms with Crippen LogP contribution in [0.4, 0.5) is 10.5 Å². The van der Waals surface area contributed by atoms with Gasteiger partial charge >= 0.3 is 6.09 Å². The van der Waals surface area contributed by atoms with Gasteiger partial charge < -0.3 is 25.1 Å². The summed E-state index contributed by atoms with van der Waals surface area (Å²) >= 11 is 0. The number of fused-ring (bicyclic) bond motifs is 2. The Morgan fingerprint density at radius 2 is 1.89 bits per heavy atom. The van der Waals surface area contributed by atoms with Gasteiger partial charge in [0, 0.05) is 36.8 Å². The summed E-state index contributed by atoms with van der Waals surface area (Å²) in [6, 6.07) is 13.6. The van der Waals surface area contributed by atoms with Gasteiger partial charge in [-0.15, -0.1) is 10.2 Å². The van der Waals surface area contributed by atoms with E-state index in [-0.39, 0.29) is 6.61 Å². The number of aliphatic hydroxyl groups is 2. The summed E-state index contributed by atoms with van der Waals surface area (Å²) in [6.07, 6.45) is 1.76. The molecular formula is C28H34N6O4. The summed E-state index contributed by atoms with van der Waals surface area (Å²) < 4.78 is 1.82. The molecule has 4 heterocycles. The minimum absolute atomic E-state index is 0.316. The van der Waals surface area contributed by atoms with E-state index in [1.54, 1.807) is 23.2 Å². The first-order chi connectivity index (χ1) is 18.2. The molecule has 1 amide bonds. The lowest BCUT2D eigenvalue weighted by Gasteiger charge is -2.39. The predicted molar refractivity (Wildman–Crippen MR) is 145 cm³/mol. The van der Waals surface area contributed by atoms with Gasteiger partial charge in [-0.1, -0.05) is 18.2 Å². The number of piperidine rings is 1. The largest absolute Gasteiger partial charge is 0.465 e. The molecule has 200 valence electrons. The fraction of sp³-hybridized carbons (Fsp3) is 0.429. The molecule has 1 aliphatic heterocycles. The summed E-state index contributed by atoms with van der Waals surface area (Å²) in [5.41, 5.74) is 3.33. The van der Waals surface area contributed by atoms with Crippen LogP contribution in [-0.4, -0.2) is 77.7 Å². The van der Waals surface area contributed by atoms with Crippen LogP contribution in [0.3, 0.4) is 0 Å². The molecular weight excluding hydrogens is 484 g/mol. The van der Waals surface area contributed by atoms with Crippen molar-refractivity contribution < 1.29 is 20.1 Å². The molecule has 0 spiro atoms. The lowest BCUT2D eigenvalue weighted by molar-refractivity contribution is 0.0852. The van der Waals surface area contributed by atoms with Crippen molar-refractivity contribution in [1.82, 2.24) is 24.5 Å². The highest BCUT2D eigenvalue weighted by atomic mass is 16.4. The quantitative estimate of drug-likeness (QED) is 0.350. The lowest BCUT2D eigenvalue weighted by Crippen LogP contribution is -2.49. The van der Waals surface area contributed by atoms with Crippen molar-refractivity contribution in [2.45, 2.75) is 45.3 Å². The molecule has 1 unspecified atom stereocenters. The Hall–Kier alpha value is -3.76. The van der Waals surface area contributed by atoms with Gasteiger partial charge in [0.2, 0.25) is 0 Å². The molecule has 3 N–H and O–H groups in total. The van der Waals surface area contributed by atoms with Crippen molar-refractivity contribution >= 4 is 28.3 Å². The van der Waals surface area contributed by atoms with Crippen LogP contribution in [0.5, 0.6) is 0 Å². The number of para-hydroxylation sites is 1. The van der Waals surface area contributed by atoms with Crippen LogP contribution in [0.25, 0.3) is 28.1 Å². The zero-order chi connectivity index (χ0) is 27.0. The average Bonchev–Trinajstić information content (AvgIpc) is 3.33. The molecule has 3 aromatic heterocycles. The van der Waals surface area contributed by atoms with Crippen molar-refractivity contribution in [3.8, 4) is 11.5 Å². The van der Waals surface area contributed by atoms with Crippen LogP contribution in [0.2, 0.25) is 0 Å². The summed E-state index contributed by atoms with van der Waals surface area (Å²) in [7, 11) is 0. The Balaban J connectivity index is 1.40. The summed E-state index contributed by atoms with van der Waals surface area (Å²) in [6.45, 7) is 7.65. The molecule has 10 heteroatoms. The number of rotatable bonds is 6. The molecule has 1 aliphatic rings. The summed E-state index contributed by atoms with van der Waals surface area (Å²) in [5, 5.41) is 38.5. The molecule has 0 radical (unpaired) electrons. The van der Waals surface area contributed by atoms with Crippen molar-refractivity contribution in [3.05, 3.63) is 54.2 Å². The standard InChI is InChI=1S/C28H34N6O4/c1-28(2,3)34(27(37)38)16-18-9-12-32(13-10-18)22-6-4-5-19-7-8-21(29-25(19)22)26-31-30-24-15-20(23(36)17-35)11-14-33(24)26/h4-8,11,14-15,18,23,35-36H,9-10,12-13,16-17H2,1-3H3,(H,37,38). The highest BCUT2D eigenvalue weighted by molar-refractivity contribution is 5.92. The van der Waals surface area contributed by atoms with Gasteiger partial charge in [-0.05, 0) is 69.4 Å². The van der Waals surface area contributed by atoms with E-state index in [0.717, 1.165) is 42.5 Å². The Bertz CT molecular complexity index is 1460. The number of pyridine rings is 2. The second-order valence-corrected chi connectivity index (χ2v) is 11.0. The van der Waals surface area contributed by atoms with Crippen LogP contribution in [0, 0.1) is 5.92 Å². The molecule has 5 rings (SSSR count). The predicted octanol–water partition coefficient (Wildman–Crippen LogP) is 3.97. The van der Waals surface area contributed by atoms with Crippen molar-refractivity contribution in [2.75, 3.05) is 31.1 Å². The van der Waals surface area contributed by atoms with Crippen LogP contribution in [0.15, 0.2) is 48.7 Å². The average molecular weight is 519 g/mol. The maximum Gasteiger partial charge on any atom is 0.407 e. The monoisotopic (exact) mass is 518 g/mol. The van der Waals surface area contributed by atoms with E-state index in [4.69, 9.17) is 4.98 Å². The zero-order valence-corrected chi connectivity index (χ0v) is 21.9. The number of nitrogens with zero attached hydrogens (tertiary/aromatic N) is 6. The molecule has 0 saturated carbocycles. The molecule has 1 atom stereocenters. The van der Waals surface area contributed by atoms with Gasteiger partial charge in [-0.2, -0.15) is 0 Å². The Labute approximate surface area is 221 Å². The first kappa shape index (κ1) is 25.9. The van der Waals surface area contributed by atoms with E-state index in [1.165, 1.54) is 0 Å². The van der Waals surface area contributed by atoms with Gasteiger partial charge in [-0.25, -0.2) is 9.78 Å². The minimum atomic E-state index is -0.966. The first-order valence-electron chi connectivity index (χ1n) is 12.9. The third kappa shape index (κ3) is 5.01. The molecule has 4 aromatic rings. The molecule has 10 nitrogen and oxygen atoms in total. The van der Waals surface area contributed by atoms with E-state index in [2.05, 4.69) is 21.2 Å². The van der Waals surface area contributed by atoms with E-state index in [9.17, 15) is 20.1 Å². The van der Waals surface area contributed by atoms with Crippen LogP contribution in [-0.2, 0) is 0 Å². The van der Waals surface area contributed by atoms with Gasteiger partial charge in [0.15, 0.2) is 11.5 Å². The molecule has 0 bridgehead atoms. The van der Waals surface area contributed by atoms with Gasteiger partial charge in [0.05, 0.1) is 17.8 Å². The number of amides is 1. The van der Waals surface area contributed by atoms with E-state index in [0.29, 0.717) is 35.2 Å². The number of carboxylic acid groups (broad SMARTS) is 1. The van der Waals surface area contributed by atoms with Crippen molar-refractivity contribution in [1.29, 1.82) is 0 Å². The van der Waals surface area contributed by atoms with Gasteiger partial charge in [0.1, 0.15) is 11.8 Å². The topological polar surface area (TPSA) is 127 Å². The van der Waals surface area contributed by atoms with E-state index >= 15 is 0 Å². The number of anilines is 1. The number of aromatic nitrogens is 4. The van der Waals surface area contributed by atoms with Crippen LogP contribution in [0.1, 0.15) is 45.3 Å². The first-order valence-corrected chi connectivity index (χ1v) is 12.9. The normalized spacial score (nSPS) is 15.8. The number of aliphatic hydroxyl groups excluding tert-OH is 2. The second kappa shape index (κ2) is 10.2. The Kier molecular flexibility index (Phi) is 6.93. The molecule has 0 aliphatic carbocycles. The summed E-state index contributed by atoms with van der Waals surface area (Å²) in [4.78, 5) is 20.7. The van der Waals surface area contributed by atoms with Gasteiger partial charge in [0.25, 0.3) is 0 Å². The second-order valence-electron chi connectivity index (χ2n) is 11.0.